The molecule has 6 aromatic carbocycles. The van der Waals surface area contributed by atoms with Gasteiger partial charge in [0, 0.05) is 55.4 Å². The molecule has 9 aromatic rings. The van der Waals surface area contributed by atoms with Crippen LogP contribution in [-0.4, -0.2) is 24.5 Å². The van der Waals surface area contributed by atoms with Gasteiger partial charge in [0.25, 0.3) is 0 Å². The van der Waals surface area contributed by atoms with Crippen LogP contribution in [0.5, 0.6) is 0 Å². The minimum atomic E-state index is -0.0410. The van der Waals surface area contributed by atoms with E-state index in [0.29, 0.717) is 17.5 Å². The van der Waals surface area contributed by atoms with Crippen LogP contribution in [0.4, 0.5) is 22.7 Å². The van der Waals surface area contributed by atoms with Gasteiger partial charge in [-0.2, -0.15) is 0 Å². The summed E-state index contributed by atoms with van der Waals surface area (Å²) in [6, 6.07) is 54.1. The van der Waals surface area contributed by atoms with Crippen LogP contribution >= 0.6 is 0 Å². The molecule has 0 aliphatic carbocycles. The third-order valence-electron chi connectivity index (χ3n) is 12.0. The molecule has 0 unspecified atom stereocenters. The SMILES string of the molecule is Cc1cc2c(cc1C)N(c1ccc(C(C)(C)C)cc1)[CH-]N2c1[c-]c(-c2nc(-c3[c-]c4c(cc3)c3ccccc3n4-c3cc(C(C)(C)C)ccn3)nc(-c3ccccc3)n2)ccc1.[Pt]. The van der Waals surface area contributed by atoms with Crippen LogP contribution in [-0.2, 0) is 31.9 Å². The summed E-state index contributed by atoms with van der Waals surface area (Å²) in [5.41, 5.74) is 13.6. The van der Waals surface area contributed by atoms with E-state index in [4.69, 9.17) is 19.9 Å². The Morgan fingerprint density at radius 3 is 1.87 bits per heavy atom. The van der Waals surface area contributed by atoms with Crippen molar-refractivity contribution < 1.29 is 21.1 Å². The minimum absolute atomic E-state index is 0. The van der Waals surface area contributed by atoms with Gasteiger partial charge in [-0.3, -0.25) is 9.97 Å². The van der Waals surface area contributed by atoms with Crippen molar-refractivity contribution in [2.45, 2.75) is 66.2 Å². The fraction of sp³-hybridized carbons (Fsp3) is 0.182. The van der Waals surface area contributed by atoms with E-state index in [1.54, 1.807) is 0 Å². The van der Waals surface area contributed by atoms with Crippen LogP contribution in [0.25, 0.3) is 61.8 Å². The van der Waals surface area contributed by atoms with Crippen molar-refractivity contribution in [3.63, 3.8) is 0 Å². The molecule has 0 spiro atoms. The van der Waals surface area contributed by atoms with Crippen molar-refractivity contribution in [1.29, 1.82) is 0 Å². The van der Waals surface area contributed by atoms with Gasteiger partial charge in [-0.1, -0.05) is 113 Å². The van der Waals surface area contributed by atoms with Crippen molar-refractivity contribution in [2.75, 3.05) is 9.80 Å². The second kappa shape index (κ2) is 16.0. The number of aryl methyl sites for hydroxylation is 2. The summed E-state index contributed by atoms with van der Waals surface area (Å²) in [6.45, 7) is 19.9. The normalized spacial score (nSPS) is 12.8. The van der Waals surface area contributed by atoms with E-state index in [-0.39, 0.29) is 31.9 Å². The predicted octanol–water partition coefficient (Wildman–Crippen LogP) is 13.6. The van der Waals surface area contributed by atoms with Crippen molar-refractivity contribution in [3.8, 4) is 40.0 Å². The quantitative estimate of drug-likeness (QED) is 0.155. The summed E-state index contributed by atoms with van der Waals surface area (Å²) in [5, 5.41) is 2.21. The fourth-order valence-corrected chi connectivity index (χ4v) is 8.26. The number of hydrogen-bond acceptors (Lipinski definition) is 6. The van der Waals surface area contributed by atoms with Crippen molar-refractivity contribution in [1.82, 2.24) is 24.5 Å². The number of nitrogens with zero attached hydrogens (tertiary/aromatic N) is 7. The molecule has 0 bridgehead atoms. The van der Waals surface area contributed by atoms with Gasteiger partial charge in [0.05, 0.1) is 11.6 Å². The smallest absolute Gasteiger partial charge is 0.144 e. The van der Waals surface area contributed by atoms with Crippen molar-refractivity contribution in [2.24, 2.45) is 0 Å². The second-order valence-corrected chi connectivity index (χ2v) is 18.3. The van der Waals surface area contributed by atoms with Crippen LogP contribution in [0.3, 0.4) is 0 Å². The van der Waals surface area contributed by atoms with Crippen LogP contribution in [0.1, 0.15) is 63.8 Å². The van der Waals surface area contributed by atoms with Gasteiger partial charge >= 0.3 is 0 Å². The maximum atomic E-state index is 5.19. The standard InChI is InChI=1S/C55H48N7.Pt/c1-35-29-48-49(30-36(35)2)61(34-60(48)42-24-22-40(23-25-42)54(3,4)5)43-18-14-17-38(31-43)52-57-51(37-15-10-9-11-16-37)58-53(59-52)39-21-26-45-44-19-12-13-20-46(44)62(47(45)32-39)50-33-41(27-28-56-50)55(6,7)8;/h9-30,33-34H,1-8H3;/q-3;. The van der Waals surface area contributed by atoms with E-state index < -0.39 is 0 Å². The zero-order chi connectivity index (χ0) is 42.9. The number of rotatable bonds is 6. The first-order chi connectivity index (χ1) is 29.8. The Kier molecular flexibility index (Phi) is 10.7. The topological polar surface area (TPSA) is 63.0 Å². The van der Waals surface area contributed by atoms with Crippen LogP contribution < -0.4 is 9.80 Å². The van der Waals surface area contributed by atoms with E-state index in [9.17, 15) is 0 Å². The molecule has 0 radical (unpaired) electrons. The van der Waals surface area contributed by atoms with Crippen molar-refractivity contribution >= 4 is 44.6 Å². The predicted molar refractivity (Wildman–Crippen MR) is 254 cm³/mol. The Balaban J connectivity index is 0.00000504. The molecule has 0 fully saturated rings. The number of aromatic nitrogens is 5. The van der Waals surface area contributed by atoms with Gasteiger partial charge < -0.3 is 19.4 Å². The molecule has 10 rings (SSSR count). The number of para-hydroxylation sites is 1. The van der Waals surface area contributed by atoms with Gasteiger partial charge in [0.1, 0.15) is 11.6 Å². The average molecular weight is 1000 g/mol. The summed E-state index contributed by atoms with van der Waals surface area (Å²) >= 11 is 0. The molecule has 0 atom stereocenters. The second-order valence-electron chi connectivity index (χ2n) is 18.3. The molecule has 1 aliphatic rings. The summed E-state index contributed by atoms with van der Waals surface area (Å²) in [4.78, 5) is 24.8. The zero-order valence-corrected chi connectivity index (χ0v) is 39.1. The largest absolute Gasteiger partial charge is 0.488 e. The Hall–Kier alpha value is -6.43. The molecule has 316 valence electrons. The fourth-order valence-electron chi connectivity index (χ4n) is 8.26. The maximum absolute atomic E-state index is 5.19. The Morgan fingerprint density at radius 2 is 1.17 bits per heavy atom. The first-order valence-corrected chi connectivity index (χ1v) is 21.2. The number of anilines is 4. The minimum Gasteiger partial charge on any atom is -0.488 e. The van der Waals surface area contributed by atoms with Crippen LogP contribution in [0.15, 0.2) is 140 Å². The molecular weight excluding hydrogens is 954 g/mol. The Labute approximate surface area is 384 Å². The van der Waals surface area contributed by atoms with E-state index in [2.05, 4.69) is 186 Å². The van der Waals surface area contributed by atoms with Crippen molar-refractivity contribution in [3.05, 3.63) is 181 Å². The van der Waals surface area contributed by atoms with E-state index in [1.807, 2.05) is 42.6 Å². The van der Waals surface area contributed by atoms with Crippen LogP contribution in [0.2, 0.25) is 0 Å². The van der Waals surface area contributed by atoms with Gasteiger partial charge in [-0.05, 0) is 100 Å². The molecule has 3 aromatic heterocycles. The first-order valence-electron chi connectivity index (χ1n) is 21.2. The molecule has 0 saturated heterocycles. The van der Waals surface area contributed by atoms with Gasteiger partial charge in [0.2, 0.25) is 0 Å². The Morgan fingerprint density at radius 1 is 0.540 bits per heavy atom. The number of benzene rings is 6. The average Bonchev–Trinajstić information content (AvgIpc) is 3.81. The summed E-state index contributed by atoms with van der Waals surface area (Å²) in [5.74, 6) is 2.47. The third-order valence-corrected chi connectivity index (χ3v) is 12.0. The molecule has 8 heteroatoms. The molecule has 0 N–H and O–H groups in total. The molecular formula is C55H48N7Pt-3. The van der Waals surface area contributed by atoms with E-state index >= 15 is 0 Å². The molecule has 4 heterocycles. The monoisotopic (exact) mass is 1000 g/mol. The maximum Gasteiger partial charge on any atom is 0.144 e. The van der Waals surface area contributed by atoms with Crippen LogP contribution in [0, 0.1) is 32.6 Å². The molecule has 63 heavy (non-hydrogen) atoms. The van der Waals surface area contributed by atoms with Gasteiger partial charge in [0.15, 0.2) is 0 Å². The van der Waals surface area contributed by atoms with Gasteiger partial charge in [-0.15, -0.1) is 60.3 Å². The van der Waals surface area contributed by atoms with E-state index in [0.717, 1.165) is 67.1 Å². The summed E-state index contributed by atoms with van der Waals surface area (Å²) < 4.78 is 2.21. The Bertz CT molecular complexity index is 3160. The molecule has 0 amide bonds. The number of hydrogen-bond donors (Lipinski definition) is 0. The van der Waals surface area contributed by atoms with E-state index in [1.165, 1.54) is 22.3 Å². The van der Waals surface area contributed by atoms with Gasteiger partial charge in [-0.25, -0.2) is 4.98 Å². The molecule has 1 aliphatic heterocycles. The summed E-state index contributed by atoms with van der Waals surface area (Å²) in [7, 11) is 0. The number of fused-ring (bicyclic) bond motifs is 4. The number of pyridine rings is 1. The zero-order valence-electron chi connectivity index (χ0n) is 36.8. The molecule has 7 nitrogen and oxygen atoms in total. The third kappa shape index (κ3) is 7.74. The first kappa shape index (κ1) is 41.9. The summed E-state index contributed by atoms with van der Waals surface area (Å²) in [6.07, 6.45) is 1.90. The molecule has 0 saturated carbocycles.